The maximum Gasteiger partial charge on any atom is 0.342 e. The first kappa shape index (κ1) is 22.3. The van der Waals surface area contributed by atoms with Crippen LogP contribution in [0.2, 0.25) is 0 Å². The second-order valence-electron chi connectivity index (χ2n) is 7.70. The van der Waals surface area contributed by atoms with Crippen molar-refractivity contribution in [3.05, 3.63) is 71.8 Å². The molecule has 1 aliphatic heterocycles. The van der Waals surface area contributed by atoms with E-state index in [0.29, 0.717) is 5.56 Å². The summed E-state index contributed by atoms with van der Waals surface area (Å²) in [5, 5.41) is 3.12. The van der Waals surface area contributed by atoms with E-state index in [9.17, 15) is 9.59 Å². The first-order valence-electron chi connectivity index (χ1n) is 10.8. The van der Waals surface area contributed by atoms with Crippen LogP contribution in [0.1, 0.15) is 33.3 Å². The maximum atomic E-state index is 13.1. The summed E-state index contributed by atoms with van der Waals surface area (Å²) < 4.78 is 5.08. The van der Waals surface area contributed by atoms with E-state index in [4.69, 9.17) is 4.74 Å². The van der Waals surface area contributed by atoms with Gasteiger partial charge in [0.25, 0.3) is 0 Å². The fourth-order valence-electron chi connectivity index (χ4n) is 3.56. The molecule has 0 atom stereocenters. The Balaban J connectivity index is 1.56. The summed E-state index contributed by atoms with van der Waals surface area (Å²) >= 11 is 0. The highest BCUT2D eigenvalue weighted by atomic mass is 16.5. The molecule has 0 spiro atoms. The summed E-state index contributed by atoms with van der Waals surface area (Å²) in [5.41, 5.74) is 2.30. The predicted molar refractivity (Wildman–Crippen MR) is 125 cm³/mol. The average Bonchev–Trinajstić information content (AvgIpc) is 2.85. The molecule has 3 aromatic rings. The van der Waals surface area contributed by atoms with Gasteiger partial charge in [0.2, 0.25) is 11.7 Å². The Morgan fingerprint density at radius 3 is 2.39 bits per heavy atom. The molecule has 0 unspecified atom stereocenters. The van der Waals surface area contributed by atoms with Gasteiger partial charge in [0.05, 0.1) is 6.61 Å². The number of piperazine rings is 1. The molecule has 9 nitrogen and oxygen atoms in total. The Kier molecular flexibility index (Phi) is 6.89. The Morgan fingerprint density at radius 2 is 1.73 bits per heavy atom. The summed E-state index contributed by atoms with van der Waals surface area (Å²) in [4.78, 5) is 42.6. The van der Waals surface area contributed by atoms with Gasteiger partial charge in [-0.15, -0.1) is 0 Å². The number of ketones is 1. The van der Waals surface area contributed by atoms with Crippen molar-refractivity contribution in [1.82, 2.24) is 19.9 Å². The van der Waals surface area contributed by atoms with E-state index in [1.807, 2.05) is 24.3 Å². The molecule has 2 aromatic heterocycles. The third-order valence-corrected chi connectivity index (χ3v) is 5.43. The molecule has 1 aromatic carbocycles. The van der Waals surface area contributed by atoms with Crippen molar-refractivity contribution in [1.29, 1.82) is 0 Å². The van der Waals surface area contributed by atoms with Crippen LogP contribution < -0.4 is 10.2 Å². The zero-order valence-corrected chi connectivity index (χ0v) is 18.7. The number of pyridine rings is 1. The van der Waals surface area contributed by atoms with E-state index in [1.165, 1.54) is 18.6 Å². The molecule has 0 aliphatic carbocycles. The van der Waals surface area contributed by atoms with Gasteiger partial charge in [0, 0.05) is 61.7 Å². The molecule has 4 rings (SSSR count). The Morgan fingerprint density at radius 1 is 1.03 bits per heavy atom. The lowest BCUT2D eigenvalue weighted by Crippen LogP contribution is -2.44. The van der Waals surface area contributed by atoms with Crippen LogP contribution in [0.5, 0.6) is 0 Å². The third-order valence-electron chi connectivity index (χ3n) is 5.43. The number of benzene rings is 1. The van der Waals surface area contributed by atoms with Crippen LogP contribution in [0.4, 0.5) is 17.3 Å². The van der Waals surface area contributed by atoms with E-state index >= 15 is 0 Å². The zero-order valence-electron chi connectivity index (χ0n) is 18.7. The molecule has 1 saturated heterocycles. The number of anilines is 3. The van der Waals surface area contributed by atoms with E-state index in [0.717, 1.165) is 37.6 Å². The molecular weight excluding hydrogens is 420 g/mol. The second kappa shape index (κ2) is 10.2. The second-order valence-corrected chi connectivity index (χ2v) is 7.70. The van der Waals surface area contributed by atoms with E-state index < -0.39 is 11.8 Å². The van der Waals surface area contributed by atoms with Gasteiger partial charge in [-0.3, -0.25) is 9.78 Å². The van der Waals surface area contributed by atoms with Gasteiger partial charge in [-0.1, -0.05) is 0 Å². The lowest BCUT2D eigenvalue weighted by molar-refractivity contribution is 0.0522. The van der Waals surface area contributed by atoms with Crippen molar-refractivity contribution in [3.8, 4) is 0 Å². The number of rotatable bonds is 7. The molecule has 1 aliphatic rings. The van der Waals surface area contributed by atoms with E-state index in [-0.39, 0.29) is 23.8 Å². The summed E-state index contributed by atoms with van der Waals surface area (Å²) in [5.74, 6) is -0.831. The van der Waals surface area contributed by atoms with Crippen molar-refractivity contribution in [3.63, 3.8) is 0 Å². The van der Waals surface area contributed by atoms with E-state index in [2.05, 4.69) is 37.1 Å². The van der Waals surface area contributed by atoms with Gasteiger partial charge in [-0.05, 0) is 50.4 Å². The topological polar surface area (TPSA) is 101 Å². The number of ether oxygens (including phenoxy) is 1. The van der Waals surface area contributed by atoms with E-state index in [1.54, 1.807) is 19.1 Å². The zero-order chi connectivity index (χ0) is 23.2. The van der Waals surface area contributed by atoms with Crippen LogP contribution in [0, 0.1) is 0 Å². The van der Waals surface area contributed by atoms with Crippen LogP contribution in [-0.2, 0) is 4.74 Å². The molecule has 170 valence electrons. The van der Waals surface area contributed by atoms with Crippen molar-refractivity contribution in [2.24, 2.45) is 0 Å². The van der Waals surface area contributed by atoms with Crippen LogP contribution in [0.3, 0.4) is 0 Å². The first-order chi connectivity index (χ1) is 16.0. The number of nitrogens with zero attached hydrogens (tertiary/aromatic N) is 5. The normalized spacial score (nSPS) is 14.1. The Bertz CT molecular complexity index is 1110. The molecular formula is C24H26N6O3. The number of esters is 1. The fourth-order valence-corrected chi connectivity index (χ4v) is 3.56. The van der Waals surface area contributed by atoms with Crippen molar-refractivity contribution in [2.45, 2.75) is 6.92 Å². The quantitative estimate of drug-likeness (QED) is 0.434. The minimum absolute atomic E-state index is 0.0220. The van der Waals surface area contributed by atoms with Crippen LogP contribution in [-0.4, -0.2) is 71.4 Å². The van der Waals surface area contributed by atoms with Crippen LogP contribution in [0.15, 0.2) is 55.0 Å². The molecule has 3 heterocycles. The number of hydrogen-bond donors (Lipinski definition) is 1. The van der Waals surface area contributed by atoms with Crippen molar-refractivity contribution >= 4 is 29.1 Å². The number of hydrogen-bond acceptors (Lipinski definition) is 9. The first-order valence-corrected chi connectivity index (χ1v) is 10.8. The summed E-state index contributed by atoms with van der Waals surface area (Å²) in [6.07, 6.45) is 4.35. The Labute approximate surface area is 192 Å². The summed E-state index contributed by atoms with van der Waals surface area (Å²) in [6.45, 7) is 5.93. The van der Waals surface area contributed by atoms with Crippen LogP contribution in [0.25, 0.3) is 0 Å². The minimum atomic E-state index is -0.641. The fraction of sp³-hybridized carbons (Fsp3) is 0.292. The summed E-state index contributed by atoms with van der Waals surface area (Å²) in [7, 11) is 2.13. The molecule has 0 saturated carbocycles. The molecule has 1 fully saturated rings. The number of aromatic nitrogens is 3. The monoisotopic (exact) mass is 446 g/mol. The van der Waals surface area contributed by atoms with Crippen molar-refractivity contribution < 1.29 is 14.3 Å². The average molecular weight is 447 g/mol. The smallest absolute Gasteiger partial charge is 0.342 e. The molecule has 0 radical (unpaired) electrons. The SMILES string of the molecule is CCOC(=O)c1cnc(Nc2ccc(N3CCN(C)CC3)cc2)nc1C(=O)c1ccncc1. The number of carbonyl (C=O) groups excluding carboxylic acids is 2. The molecule has 1 N–H and O–H groups in total. The Hall–Kier alpha value is -3.85. The maximum absolute atomic E-state index is 13.1. The largest absolute Gasteiger partial charge is 0.462 e. The molecule has 0 bridgehead atoms. The van der Waals surface area contributed by atoms with Gasteiger partial charge >= 0.3 is 5.97 Å². The van der Waals surface area contributed by atoms with Gasteiger partial charge in [-0.2, -0.15) is 0 Å². The minimum Gasteiger partial charge on any atom is -0.462 e. The number of carbonyl (C=O) groups is 2. The van der Waals surface area contributed by atoms with Gasteiger partial charge in [0.1, 0.15) is 11.3 Å². The number of likely N-dealkylation sites (N-methyl/N-ethyl adjacent to an activating group) is 1. The lowest BCUT2D eigenvalue weighted by atomic mass is 10.1. The highest BCUT2D eigenvalue weighted by Crippen LogP contribution is 2.22. The van der Waals surface area contributed by atoms with Crippen molar-refractivity contribution in [2.75, 3.05) is 50.1 Å². The highest BCUT2D eigenvalue weighted by molar-refractivity contribution is 6.13. The van der Waals surface area contributed by atoms with Crippen LogP contribution >= 0.6 is 0 Å². The lowest BCUT2D eigenvalue weighted by Gasteiger charge is -2.34. The molecule has 9 heteroatoms. The highest BCUT2D eigenvalue weighted by Gasteiger charge is 2.23. The summed E-state index contributed by atoms with van der Waals surface area (Å²) in [6, 6.07) is 11.1. The predicted octanol–water partition coefficient (Wildman–Crippen LogP) is 2.77. The third kappa shape index (κ3) is 5.32. The molecule has 33 heavy (non-hydrogen) atoms. The van der Waals surface area contributed by atoms with Gasteiger partial charge in [-0.25, -0.2) is 14.8 Å². The van der Waals surface area contributed by atoms with Gasteiger partial charge < -0.3 is 19.9 Å². The number of nitrogens with one attached hydrogen (secondary N) is 1. The standard InChI is InChI=1S/C24H26N6O3/c1-3-33-23(32)20-16-26-24(28-21(20)22(31)17-8-10-25-11-9-17)27-18-4-6-19(7-5-18)30-14-12-29(2)13-15-30/h4-11,16H,3,12-15H2,1-2H3,(H,26,27,28). The van der Waals surface area contributed by atoms with Gasteiger partial charge in [0.15, 0.2) is 0 Å². The molecule has 0 amide bonds.